The fraction of sp³-hybridized carbons (Fsp3) is 0.538. The number of methoxy groups -OCH3 is 1. The summed E-state index contributed by atoms with van der Waals surface area (Å²) in [6.07, 6.45) is 0.830. The van der Waals surface area contributed by atoms with E-state index in [0.717, 1.165) is 16.5 Å². The van der Waals surface area contributed by atoms with E-state index in [2.05, 4.69) is 21.2 Å². The van der Waals surface area contributed by atoms with E-state index in [0.29, 0.717) is 12.3 Å². The number of nitrogens with one attached hydrogen (secondary N) is 1. The molecular weight excluding hydrogens is 298 g/mol. The topological polar surface area (TPSA) is 61.7 Å². The molecule has 0 bridgehead atoms. The van der Waals surface area contributed by atoms with E-state index in [1.165, 1.54) is 7.11 Å². The summed E-state index contributed by atoms with van der Waals surface area (Å²) in [5, 5.41) is 22.3. The van der Waals surface area contributed by atoms with Crippen LogP contribution in [0.3, 0.4) is 0 Å². The normalized spacial score (nSPS) is 14.3. The lowest BCUT2D eigenvalue weighted by Crippen LogP contribution is -2.44. The number of aliphatic hydroxyl groups is 1. The minimum absolute atomic E-state index is 0.0797. The Hall–Kier alpha value is -0.780. The van der Waals surface area contributed by atoms with Crippen LogP contribution in [-0.4, -0.2) is 29.5 Å². The van der Waals surface area contributed by atoms with E-state index >= 15 is 0 Å². The van der Waals surface area contributed by atoms with Gasteiger partial charge in [0.25, 0.3) is 0 Å². The molecule has 1 atom stereocenters. The Labute approximate surface area is 116 Å². The summed E-state index contributed by atoms with van der Waals surface area (Å²) in [6, 6.07) is 3.39. The van der Waals surface area contributed by atoms with Gasteiger partial charge in [-0.15, -0.1) is 0 Å². The molecule has 0 heterocycles. The third kappa shape index (κ3) is 3.60. The zero-order valence-electron chi connectivity index (χ0n) is 11.0. The molecule has 1 rings (SSSR count). The van der Waals surface area contributed by atoms with Crippen LogP contribution in [0.25, 0.3) is 0 Å². The number of halogens is 1. The van der Waals surface area contributed by atoms with E-state index < -0.39 is 0 Å². The SMILES string of the molecule is CCC(C)(CO)NCc1cc(OC)c(O)cc1Br. The predicted molar refractivity (Wildman–Crippen MR) is 75.0 cm³/mol. The van der Waals surface area contributed by atoms with Crippen LogP contribution in [0.5, 0.6) is 11.5 Å². The molecule has 1 aromatic rings. The van der Waals surface area contributed by atoms with Gasteiger partial charge in [0.05, 0.1) is 13.7 Å². The molecule has 102 valence electrons. The third-order valence-corrected chi connectivity index (χ3v) is 3.92. The van der Waals surface area contributed by atoms with Crippen molar-refractivity contribution >= 4 is 15.9 Å². The number of hydrogen-bond acceptors (Lipinski definition) is 4. The molecule has 18 heavy (non-hydrogen) atoms. The van der Waals surface area contributed by atoms with Crippen molar-refractivity contribution in [3.05, 3.63) is 22.2 Å². The van der Waals surface area contributed by atoms with E-state index in [1.807, 2.05) is 13.8 Å². The first-order chi connectivity index (χ1) is 8.45. The fourth-order valence-corrected chi connectivity index (χ4v) is 1.96. The van der Waals surface area contributed by atoms with Crippen molar-refractivity contribution < 1.29 is 14.9 Å². The van der Waals surface area contributed by atoms with Crippen molar-refractivity contribution in [2.24, 2.45) is 0 Å². The first-order valence-electron chi connectivity index (χ1n) is 5.87. The summed E-state index contributed by atoms with van der Waals surface area (Å²) >= 11 is 3.40. The van der Waals surface area contributed by atoms with E-state index in [9.17, 15) is 10.2 Å². The largest absolute Gasteiger partial charge is 0.504 e. The first kappa shape index (κ1) is 15.3. The van der Waals surface area contributed by atoms with Gasteiger partial charge in [-0.3, -0.25) is 0 Å². The smallest absolute Gasteiger partial charge is 0.160 e. The highest BCUT2D eigenvalue weighted by molar-refractivity contribution is 9.10. The second-order valence-corrected chi connectivity index (χ2v) is 5.40. The van der Waals surface area contributed by atoms with Gasteiger partial charge < -0.3 is 20.3 Å². The second kappa shape index (κ2) is 6.41. The van der Waals surface area contributed by atoms with Gasteiger partial charge in [0, 0.05) is 16.6 Å². The summed E-state index contributed by atoms with van der Waals surface area (Å²) in [4.78, 5) is 0. The standard InChI is InChI=1S/C13H20BrNO3/c1-4-13(2,8-16)15-7-9-5-12(18-3)11(17)6-10(9)14/h5-6,15-17H,4,7-8H2,1-3H3. The van der Waals surface area contributed by atoms with Crippen molar-refractivity contribution in [1.82, 2.24) is 5.32 Å². The molecule has 5 heteroatoms. The highest BCUT2D eigenvalue weighted by Crippen LogP contribution is 2.32. The van der Waals surface area contributed by atoms with Gasteiger partial charge in [-0.25, -0.2) is 0 Å². The van der Waals surface area contributed by atoms with Crippen molar-refractivity contribution in [3.8, 4) is 11.5 Å². The van der Waals surface area contributed by atoms with Gasteiger partial charge in [0.1, 0.15) is 0 Å². The zero-order valence-corrected chi connectivity index (χ0v) is 12.5. The lowest BCUT2D eigenvalue weighted by molar-refractivity contribution is 0.169. The van der Waals surface area contributed by atoms with Gasteiger partial charge in [0.15, 0.2) is 11.5 Å². The van der Waals surface area contributed by atoms with Crippen LogP contribution >= 0.6 is 15.9 Å². The van der Waals surface area contributed by atoms with Crippen molar-refractivity contribution in [2.45, 2.75) is 32.4 Å². The molecule has 0 aliphatic carbocycles. The molecule has 0 saturated carbocycles. The molecule has 0 amide bonds. The molecule has 1 aromatic carbocycles. The number of rotatable bonds is 6. The maximum absolute atomic E-state index is 9.62. The van der Waals surface area contributed by atoms with Gasteiger partial charge in [-0.05, 0) is 31.0 Å². The number of ether oxygens (including phenoxy) is 1. The molecule has 0 aliphatic heterocycles. The molecule has 0 aliphatic rings. The number of benzene rings is 1. The average molecular weight is 318 g/mol. The number of aliphatic hydroxyl groups excluding tert-OH is 1. The molecule has 0 radical (unpaired) electrons. The van der Waals surface area contributed by atoms with Crippen LogP contribution in [0.1, 0.15) is 25.8 Å². The van der Waals surface area contributed by atoms with Gasteiger partial charge in [-0.1, -0.05) is 22.9 Å². The molecule has 0 aromatic heterocycles. The second-order valence-electron chi connectivity index (χ2n) is 4.54. The monoisotopic (exact) mass is 317 g/mol. The highest BCUT2D eigenvalue weighted by atomic mass is 79.9. The summed E-state index contributed by atoms with van der Waals surface area (Å²) in [5.41, 5.74) is 0.669. The number of phenolic OH excluding ortho intramolecular Hbond substituents is 1. The van der Waals surface area contributed by atoms with Crippen LogP contribution in [0.4, 0.5) is 0 Å². The Morgan fingerprint density at radius 1 is 1.44 bits per heavy atom. The quantitative estimate of drug-likeness (QED) is 0.754. The first-order valence-corrected chi connectivity index (χ1v) is 6.66. The molecule has 0 spiro atoms. The summed E-state index contributed by atoms with van der Waals surface area (Å²) in [7, 11) is 1.52. The summed E-state index contributed by atoms with van der Waals surface area (Å²) < 4.78 is 5.89. The van der Waals surface area contributed by atoms with Crippen molar-refractivity contribution in [1.29, 1.82) is 0 Å². The van der Waals surface area contributed by atoms with Crippen molar-refractivity contribution in [2.75, 3.05) is 13.7 Å². The van der Waals surface area contributed by atoms with Gasteiger partial charge >= 0.3 is 0 Å². The van der Waals surface area contributed by atoms with Crippen LogP contribution in [0.2, 0.25) is 0 Å². The Bertz CT molecular complexity index is 405. The molecule has 0 fully saturated rings. The lowest BCUT2D eigenvalue weighted by atomic mass is 10.00. The molecule has 0 saturated heterocycles. The molecule has 3 N–H and O–H groups in total. The van der Waals surface area contributed by atoms with Crippen molar-refractivity contribution in [3.63, 3.8) is 0 Å². The number of phenols is 1. The van der Waals surface area contributed by atoms with Gasteiger partial charge in [-0.2, -0.15) is 0 Å². The van der Waals surface area contributed by atoms with Crippen LogP contribution in [0.15, 0.2) is 16.6 Å². The number of aromatic hydroxyl groups is 1. The van der Waals surface area contributed by atoms with E-state index in [-0.39, 0.29) is 17.9 Å². The Balaban J connectivity index is 2.85. The van der Waals surface area contributed by atoms with E-state index in [4.69, 9.17) is 4.74 Å². The third-order valence-electron chi connectivity index (χ3n) is 3.18. The minimum Gasteiger partial charge on any atom is -0.504 e. The Morgan fingerprint density at radius 3 is 2.61 bits per heavy atom. The number of hydrogen-bond donors (Lipinski definition) is 3. The van der Waals surface area contributed by atoms with Gasteiger partial charge in [0.2, 0.25) is 0 Å². The maximum Gasteiger partial charge on any atom is 0.160 e. The van der Waals surface area contributed by atoms with Crippen LogP contribution < -0.4 is 10.1 Å². The zero-order chi connectivity index (χ0) is 13.8. The predicted octanol–water partition coefficient (Wildman–Crippen LogP) is 2.41. The van der Waals surface area contributed by atoms with E-state index in [1.54, 1.807) is 12.1 Å². The Morgan fingerprint density at radius 2 is 2.11 bits per heavy atom. The van der Waals surface area contributed by atoms with Crippen LogP contribution in [-0.2, 0) is 6.54 Å². The maximum atomic E-state index is 9.62. The molecule has 4 nitrogen and oxygen atoms in total. The molecule has 1 unspecified atom stereocenters. The average Bonchev–Trinajstić information content (AvgIpc) is 2.37. The minimum atomic E-state index is -0.301. The Kier molecular flexibility index (Phi) is 5.44. The summed E-state index contributed by atoms with van der Waals surface area (Å²) in [5.74, 6) is 0.547. The summed E-state index contributed by atoms with van der Waals surface area (Å²) in [6.45, 7) is 4.66. The molecular formula is C13H20BrNO3. The van der Waals surface area contributed by atoms with Crippen LogP contribution in [0, 0.1) is 0 Å². The lowest BCUT2D eigenvalue weighted by Gasteiger charge is -2.27. The fourth-order valence-electron chi connectivity index (χ4n) is 1.49. The highest BCUT2D eigenvalue weighted by Gasteiger charge is 2.20.